The first kappa shape index (κ1) is 19.2. The molecular weight excluding hydrogens is 400 g/mol. The number of rotatable bonds is 4. The van der Waals surface area contributed by atoms with Gasteiger partial charge in [-0.25, -0.2) is 4.98 Å². The Balaban J connectivity index is 1.73. The van der Waals surface area contributed by atoms with Crippen molar-refractivity contribution in [3.63, 3.8) is 0 Å². The number of methoxy groups -OCH3 is 1. The Morgan fingerprint density at radius 1 is 1.36 bits per heavy atom. The lowest BCUT2D eigenvalue weighted by atomic mass is 9.93. The van der Waals surface area contributed by atoms with Crippen molar-refractivity contribution in [2.75, 3.05) is 20.2 Å². The molecule has 0 bridgehead atoms. The van der Waals surface area contributed by atoms with Gasteiger partial charge in [-0.05, 0) is 44.5 Å². The van der Waals surface area contributed by atoms with E-state index < -0.39 is 0 Å². The molecule has 3 aromatic rings. The molecule has 1 aliphatic rings. The summed E-state index contributed by atoms with van der Waals surface area (Å²) in [5, 5.41) is 15.8. The van der Waals surface area contributed by atoms with Gasteiger partial charge in [0.25, 0.3) is 0 Å². The van der Waals surface area contributed by atoms with E-state index >= 15 is 0 Å². The molecule has 0 unspecified atom stereocenters. The second-order valence-electron chi connectivity index (χ2n) is 6.90. The molecule has 1 atom stereocenters. The van der Waals surface area contributed by atoms with Crippen LogP contribution in [0.25, 0.3) is 4.96 Å². The zero-order valence-electron chi connectivity index (χ0n) is 15.6. The number of fused-ring (bicyclic) bond motifs is 1. The Morgan fingerprint density at radius 3 is 2.71 bits per heavy atom. The molecule has 28 heavy (non-hydrogen) atoms. The number of aromatic nitrogens is 3. The number of esters is 1. The van der Waals surface area contributed by atoms with Gasteiger partial charge in [-0.2, -0.15) is 4.52 Å². The Morgan fingerprint density at radius 2 is 2.07 bits per heavy atom. The second-order valence-corrected chi connectivity index (χ2v) is 8.32. The van der Waals surface area contributed by atoms with Crippen molar-refractivity contribution < 1.29 is 14.6 Å². The number of aromatic hydroxyl groups is 1. The lowest BCUT2D eigenvalue weighted by molar-refractivity contribution is -0.147. The number of hydrogen-bond donors (Lipinski definition) is 1. The minimum atomic E-state index is -0.235. The van der Waals surface area contributed by atoms with Gasteiger partial charge < -0.3 is 9.84 Å². The summed E-state index contributed by atoms with van der Waals surface area (Å²) in [6.07, 6.45) is 1.41. The molecule has 0 saturated carbocycles. The average Bonchev–Trinajstić information content (AvgIpc) is 3.21. The molecule has 148 valence electrons. The molecule has 1 saturated heterocycles. The van der Waals surface area contributed by atoms with Gasteiger partial charge in [0.05, 0.1) is 23.9 Å². The summed E-state index contributed by atoms with van der Waals surface area (Å²) < 4.78 is 6.37. The Bertz CT molecular complexity index is 1010. The third-order valence-electron chi connectivity index (χ3n) is 5.18. The van der Waals surface area contributed by atoms with E-state index in [0.717, 1.165) is 10.4 Å². The summed E-state index contributed by atoms with van der Waals surface area (Å²) in [5.74, 6) is 0.444. The summed E-state index contributed by atoms with van der Waals surface area (Å²) in [5.41, 5.74) is 0.914. The molecular formula is C19H21ClN4O3S. The highest BCUT2D eigenvalue weighted by Crippen LogP contribution is 2.43. The summed E-state index contributed by atoms with van der Waals surface area (Å²) in [6.45, 7) is 3.19. The minimum Gasteiger partial charge on any atom is -0.492 e. The van der Waals surface area contributed by atoms with E-state index in [-0.39, 0.29) is 23.8 Å². The Labute approximate surface area is 171 Å². The van der Waals surface area contributed by atoms with Gasteiger partial charge in [0.2, 0.25) is 10.8 Å². The number of benzene rings is 1. The van der Waals surface area contributed by atoms with E-state index in [0.29, 0.717) is 41.7 Å². The molecule has 1 aromatic carbocycles. The monoisotopic (exact) mass is 420 g/mol. The first-order valence-corrected chi connectivity index (χ1v) is 10.3. The number of ether oxygens (including phenoxy) is 1. The number of carbonyl (C=O) groups excluding carboxylic acids is 1. The van der Waals surface area contributed by atoms with Crippen molar-refractivity contribution in [1.82, 2.24) is 19.5 Å². The van der Waals surface area contributed by atoms with E-state index in [1.54, 1.807) is 6.92 Å². The molecule has 1 fully saturated rings. The molecule has 7 nitrogen and oxygen atoms in total. The Kier molecular flexibility index (Phi) is 5.27. The van der Waals surface area contributed by atoms with E-state index in [4.69, 9.17) is 16.3 Å². The van der Waals surface area contributed by atoms with E-state index in [1.165, 1.54) is 23.0 Å². The number of carbonyl (C=O) groups is 1. The van der Waals surface area contributed by atoms with Crippen LogP contribution in [0.5, 0.6) is 5.88 Å². The fourth-order valence-electron chi connectivity index (χ4n) is 3.79. The van der Waals surface area contributed by atoms with Gasteiger partial charge in [0.15, 0.2) is 0 Å². The van der Waals surface area contributed by atoms with Crippen LogP contribution in [0.1, 0.15) is 35.1 Å². The van der Waals surface area contributed by atoms with E-state index in [2.05, 4.69) is 15.0 Å². The largest absolute Gasteiger partial charge is 0.492 e. The van der Waals surface area contributed by atoms with Crippen molar-refractivity contribution in [2.24, 2.45) is 5.92 Å². The molecule has 4 rings (SSSR count). The molecule has 1 N–H and O–H groups in total. The summed E-state index contributed by atoms with van der Waals surface area (Å²) in [6, 6.07) is 7.41. The van der Waals surface area contributed by atoms with Gasteiger partial charge in [0.1, 0.15) is 5.82 Å². The van der Waals surface area contributed by atoms with Gasteiger partial charge in [-0.1, -0.05) is 41.1 Å². The first-order valence-electron chi connectivity index (χ1n) is 9.11. The van der Waals surface area contributed by atoms with Crippen LogP contribution in [-0.4, -0.2) is 50.8 Å². The third-order valence-corrected chi connectivity index (χ3v) is 6.60. The van der Waals surface area contributed by atoms with Crippen molar-refractivity contribution in [3.8, 4) is 5.88 Å². The maximum Gasteiger partial charge on any atom is 0.308 e. The Hall–Kier alpha value is -2.16. The van der Waals surface area contributed by atoms with Gasteiger partial charge >= 0.3 is 5.97 Å². The maximum absolute atomic E-state index is 11.9. The number of aryl methyl sites for hydroxylation is 1. The van der Waals surface area contributed by atoms with Crippen LogP contribution < -0.4 is 0 Å². The van der Waals surface area contributed by atoms with Gasteiger partial charge in [0, 0.05) is 5.02 Å². The number of halogens is 1. The highest BCUT2D eigenvalue weighted by molar-refractivity contribution is 7.17. The molecule has 0 amide bonds. The predicted octanol–water partition coefficient (Wildman–Crippen LogP) is 3.43. The number of piperidine rings is 1. The van der Waals surface area contributed by atoms with E-state index in [9.17, 15) is 9.90 Å². The minimum absolute atomic E-state index is 0.0839. The van der Waals surface area contributed by atoms with Crippen LogP contribution in [-0.2, 0) is 9.53 Å². The van der Waals surface area contributed by atoms with E-state index in [1.807, 2.05) is 24.3 Å². The van der Waals surface area contributed by atoms with Crippen LogP contribution in [0, 0.1) is 12.8 Å². The molecule has 0 radical (unpaired) electrons. The molecule has 2 aromatic heterocycles. The van der Waals surface area contributed by atoms with Crippen molar-refractivity contribution >= 4 is 33.9 Å². The smallest absolute Gasteiger partial charge is 0.308 e. The highest BCUT2D eigenvalue weighted by Gasteiger charge is 2.34. The number of hydrogen-bond acceptors (Lipinski definition) is 7. The number of likely N-dealkylation sites (tertiary alicyclic amines) is 1. The quantitative estimate of drug-likeness (QED) is 0.651. The average molecular weight is 421 g/mol. The number of thiazole rings is 1. The van der Waals surface area contributed by atoms with Crippen molar-refractivity contribution in [1.29, 1.82) is 0 Å². The highest BCUT2D eigenvalue weighted by atomic mass is 35.5. The predicted molar refractivity (Wildman–Crippen MR) is 107 cm³/mol. The molecule has 3 heterocycles. The molecule has 1 aliphatic heterocycles. The fraction of sp³-hybridized carbons (Fsp3) is 0.421. The zero-order valence-corrected chi connectivity index (χ0v) is 17.2. The molecule has 0 spiro atoms. The summed E-state index contributed by atoms with van der Waals surface area (Å²) in [4.78, 5) is 19.9. The second kappa shape index (κ2) is 7.69. The van der Waals surface area contributed by atoms with Gasteiger partial charge in [-0.3, -0.25) is 9.69 Å². The van der Waals surface area contributed by atoms with Crippen LogP contribution in [0.15, 0.2) is 24.3 Å². The zero-order chi connectivity index (χ0) is 19.8. The fourth-order valence-corrected chi connectivity index (χ4v) is 5.18. The van der Waals surface area contributed by atoms with Crippen LogP contribution in [0.4, 0.5) is 0 Å². The normalized spacial score (nSPS) is 17.1. The van der Waals surface area contributed by atoms with Gasteiger partial charge in [-0.15, -0.1) is 5.10 Å². The number of nitrogens with zero attached hydrogens (tertiary/aromatic N) is 4. The lowest BCUT2D eigenvalue weighted by Gasteiger charge is -2.36. The van der Waals surface area contributed by atoms with Crippen molar-refractivity contribution in [3.05, 3.63) is 45.6 Å². The lowest BCUT2D eigenvalue weighted by Crippen LogP contribution is -2.39. The summed E-state index contributed by atoms with van der Waals surface area (Å²) in [7, 11) is 1.43. The van der Waals surface area contributed by atoms with Crippen LogP contribution in [0.2, 0.25) is 5.02 Å². The van der Waals surface area contributed by atoms with Crippen molar-refractivity contribution in [2.45, 2.75) is 25.8 Å². The van der Waals surface area contributed by atoms with Crippen LogP contribution >= 0.6 is 22.9 Å². The topological polar surface area (TPSA) is 80.0 Å². The summed E-state index contributed by atoms with van der Waals surface area (Å²) >= 11 is 7.93. The maximum atomic E-state index is 11.9. The first-order chi connectivity index (χ1) is 13.5. The van der Waals surface area contributed by atoms with Crippen LogP contribution in [0.3, 0.4) is 0 Å². The molecule has 9 heteroatoms. The standard InChI is InChI=1S/C19H21ClN4O3S/c1-11-21-19-24(22-11)17(25)16(28-19)15(13-5-3-4-6-14(13)20)23-9-7-12(8-10-23)18(26)27-2/h3-6,12,15,25H,7-10H2,1-2H3/t15-/m1/s1. The molecule has 0 aliphatic carbocycles. The third kappa shape index (κ3) is 3.36. The SMILES string of the molecule is COC(=O)C1CCN([C@H](c2ccccc2Cl)c2sc3nc(C)nn3c2O)CC1.